The third-order valence-electron chi connectivity index (χ3n) is 4.17. The molecule has 0 bridgehead atoms. The molecule has 3 rings (SSSR count). The van der Waals surface area contributed by atoms with Gasteiger partial charge in [-0.25, -0.2) is 9.48 Å². The molecule has 0 aliphatic rings. The number of hydrogen-bond acceptors (Lipinski definition) is 2. The van der Waals surface area contributed by atoms with Crippen LogP contribution in [0.25, 0.3) is 16.9 Å². The quantitative estimate of drug-likeness (QED) is 0.733. The highest BCUT2D eigenvalue weighted by atomic mass is 16.4. The van der Waals surface area contributed by atoms with Crippen LogP contribution in [0.15, 0.2) is 54.6 Å². The zero-order valence-corrected chi connectivity index (χ0v) is 14.7. The first kappa shape index (κ1) is 17.0. The SMILES string of the molecule is Cc1ccccc1-n1nc(-c2ccc(CC(C)C)cc2)cc1C(=O)O. The van der Waals surface area contributed by atoms with Gasteiger partial charge in [-0.1, -0.05) is 56.3 Å². The van der Waals surface area contributed by atoms with Gasteiger partial charge < -0.3 is 5.11 Å². The van der Waals surface area contributed by atoms with E-state index in [1.54, 1.807) is 6.07 Å². The number of hydrogen-bond donors (Lipinski definition) is 1. The van der Waals surface area contributed by atoms with Crippen molar-refractivity contribution >= 4 is 5.97 Å². The highest BCUT2D eigenvalue weighted by Crippen LogP contribution is 2.24. The zero-order valence-electron chi connectivity index (χ0n) is 14.7. The molecule has 0 aliphatic heterocycles. The average Bonchev–Trinajstić information content (AvgIpc) is 3.01. The number of nitrogens with zero attached hydrogens (tertiary/aromatic N) is 2. The van der Waals surface area contributed by atoms with Gasteiger partial charge in [0.15, 0.2) is 5.69 Å². The zero-order chi connectivity index (χ0) is 18.0. The van der Waals surface area contributed by atoms with Gasteiger partial charge in [-0.15, -0.1) is 0 Å². The second-order valence-electron chi connectivity index (χ2n) is 6.71. The summed E-state index contributed by atoms with van der Waals surface area (Å²) in [4.78, 5) is 11.7. The first-order valence-electron chi connectivity index (χ1n) is 8.44. The van der Waals surface area contributed by atoms with E-state index in [0.717, 1.165) is 23.2 Å². The Morgan fingerprint density at radius 2 is 1.80 bits per heavy atom. The number of carboxylic acid groups (broad SMARTS) is 1. The molecule has 1 aromatic heterocycles. The minimum atomic E-state index is -0.988. The predicted molar refractivity (Wildman–Crippen MR) is 99.2 cm³/mol. The van der Waals surface area contributed by atoms with Crippen molar-refractivity contribution in [3.63, 3.8) is 0 Å². The van der Waals surface area contributed by atoms with Gasteiger partial charge in [0, 0.05) is 5.56 Å². The van der Waals surface area contributed by atoms with Crippen LogP contribution in [-0.4, -0.2) is 20.9 Å². The highest BCUT2D eigenvalue weighted by Gasteiger charge is 2.17. The van der Waals surface area contributed by atoms with E-state index >= 15 is 0 Å². The Morgan fingerprint density at radius 1 is 1.12 bits per heavy atom. The molecule has 128 valence electrons. The molecule has 0 fully saturated rings. The number of aryl methyl sites for hydroxylation is 1. The maximum atomic E-state index is 11.7. The second-order valence-corrected chi connectivity index (χ2v) is 6.71. The predicted octanol–water partition coefficient (Wildman–Crippen LogP) is 4.74. The standard InChI is InChI=1S/C21H22N2O2/c1-14(2)12-16-8-10-17(11-9-16)18-13-20(21(24)25)23(22-18)19-7-5-4-6-15(19)3/h4-11,13-14H,12H2,1-3H3,(H,24,25). The molecular formula is C21H22N2O2. The molecule has 0 unspecified atom stereocenters. The molecule has 0 saturated heterocycles. The Kier molecular flexibility index (Phi) is 4.70. The Morgan fingerprint density at radius 3 is 2.40 bits per heavy atom. The van der Waals surface area contributed by atoms with E-state index in [0.29, 0.717) is 11.6 Å². The van der Waals surface area contributed by atoms with Gasteiger partial charge in [0.25, 0.3) is 0 Å². The summed E-state index contributed by atoms with van der Waals surface area (Å²) in [6.07, 6.45) is 1.03. The fourth-order valence-corrected chi connectivity index (χ4v) is 2.94. The Balaban J connectivity index is 2.03. The van der Waals surface area contributed by atoms with Crippen molar-refractivity contribution in [3.05, 3.63) is 71.4 Å². The van der Waals surface area contributed by atoms with Crippen LogP contribution in [0.1, 0.15) is 35.5 Å². The van der Waals surface area contributed by atoms with Crippen LogP contribution in [0.3, 0.4) is 0 Å². The Labute approximate surface area is 147 Å². The number of carboxylic acids is 1. The van der Waals surface area contributed by atoms with Crippen LogP contribution in [0.5, 0.6) is 0 Å². The van der Waals surface area contributed by atoms with E-state index < -0.39 is 5.97 Å². The Bertz CT molecular complexity index is 893. The number of rotatable bonds is 5. The van der Waals surface area contributed by atoms with Gasteiger partial charge in [0.05, 0.1) is 11.4 Å². The normalized spacial score (nSPS) is 11.0. The Hall–Kier alpha value is -2.88. The van der Waals surface area contributed by atoms with Gasteiger partial charge in [-0.3, -0.25) is 0 Å². The van der Waals surface area contributed by atoms with Gasteiger partial charge in [0.2, 0.25) is 0 Å². The van der Waals surface area contributed by atoms with Crippen molar-refractivity contribution in [1.82, 2.24) is 9.78 Å². The van der Waals surface area contributed by atoms with Crippen LogP contribution >= 0.6 is 0 Å². The van der Waals surface area contributed by atoms with Crippen LogP contribution in [-0.2, 0) is 6.42 Å². The van der Waals surface area contributed by atoms with Crippen molar-refractivity contribution < 1.29 is 9.90 Å². The molecule has 0 amide bonds. The van der Waals surface area contributed by atoms with E-state index in [1.807, 2.05) is 43.3 Å². The summed E-state index contributed by atoms with van der Waals surface area (Å²) < 4.78 is 1.51. The molecule has 0 saturated carbocycles. The van der Waals surface area contributed by atoms with Gasteiger partial charge in [0.1, 0.15) is 0 Å². The van der Waals surface area contributed by atoms with Crippen LogP contribution < -0.4 is 0 Å². The topological polar surface area (TPSA) is 55.1 Å². The average molecular weight is 334 g/mol. The van der Waals surface area contributed by atoms with Crippen molar-refractivity contribution in [2.75, 3.05) is 0 Å². The van der Waals surface area contributed by atoms with Gasteiger partial charge >= 0.3 is 5.97 Å². The summed E-state index contributed by atoms with van der Waals surface area (Å²) in [6.45, 7) is 6.33. The summed E-state index contributed by atoms with van der Waals surface area (Å²) in [5, 5.41) is 14.1. The summed E-state index contributed by atoms with van der Waals surface area (Å²) in [5.41, 5.74) is 4.78. The lowest BCUT2D eigenvalue weighted by molar-refractivity contribution is 0.0687. The lowest BCUT2D eigenvalue weighted by atomic mass is 10.0. The second kappa shape index (κ2) is 6.93. The molecule has 2 aromatic carbocycles. The maximum absolute atomic E-state index is 11.7. The summed E-state index contributed by atoms with van der Waals surface area (Å²) in [7, 11) is 0. The smallest absolute Gasteiger partial charge is 0.354 e. The van der Waals surface area contributed by atoms with Crippen molar-refractivity contribution in [2.45, 2.75) is 27.2 Å². The molecule has 1 heterocycles. The van der Waals surface area contributed by atoms with E-state index in [1.165, 1.54) is 10.2 Å². The summed E-state index contributed by atoms with van der Waals surface area (Å²) in [5.74, 6) is -0.386. The molecule has 0 atom stereocenters. The first-order valence-corrected chi connectivity index (χ1v) is 8.44. The highest BCUT2D eigenvalue weighted by molar-refractivity contribution is 5.88. The molecule has 1 N–H and O–H groups in total. The fraction of sp³-hybridized carbons (Fsp3) is 0.238. The van der Waals surface area contributed by atoms with Gasteiger partial charge in [-0.2, -0.15) is 5.10 Å². The molecule has 4 nitrogen and oxygen atoms in total. The van der Waals surface area contributed by atoms with Crippen LogP contribution in [0, 0.1) is 12.8 Å². The van der Waals surface area contributed by atoms with Crippen molar-refractivity contribution in [3.8, 4) is 16.9 Å². The molecule has 25 heavy (non-hydrogen) atoms. The monoisotopic (exact) mass is 334 g/mol. The lowest BCUT2D eigenvalue weighted by Crippen LogP contribution is -2.08. The summed E-state index contributed by atoms with van der Waals surface area (Å²) >= 11 is 0. The van der Waals surface area contributed by atoms with E-state index in [9.17, 15) is 9.90 Å². The molecule has 4 heteroatoms. The number of para-hydroxylation sites is 1. The molecular weight excluding hydrogens is 312 g/mol. The minimum Gasteiger partial charge on any atom is -0.477 e. The fourth-order valence-electron chi connectivity index (χ4n) is 2.94. The molecule has 3 aromatic rings. The number of carbonyl (C=O) groups is 1. The van der Waals surface area contributed by atoms with Crippen molar-refractivity contribution in [1.29, 1.82) is 0 Å². The number of benzene rings is 2. The first-order chi connectivity index (χ1) is 12.0. The third-order valence-corrected chi connectivity index (χ3v) is 4.17. The van der Waals surface area contributed by atoms with Crippen LogP contribution in [0.2, 0.25) is 0 Å². The van der Waals surface area contributed by atoms with Crippen LogP contribution in [0.4, 0.5) is 0 Å². The third kappa shape index (κ3) is 3.63. The van der Waals surface area contributed by atoms with Gasteiger partial charge in [-0.05, 0) is 42.5 Å². The molecule has 0 radical (unpaired) electrons. The van der Waals surface area contributed by atoms with Crippen molar-refractivity contribution in [2.24, 2.45) is 5.92 Å². The van der Waals surface area contributed by atoms with E-state index in [2.05, 4.69) is 31.1 Å². The summed E-state index contributed by atoms with van der Waals surface area (Å²) in [6, 6.07) is 17.5. The molecule has 0 aliphatic carbocycles. The molecule has 0 spiro atoms. The maximum Gasteiger partial charge on any atom is 0.354 e. The largest absolute Gasteiger partial charge is 0.477 e. The van der Waals surface area contributed by atoms with E-state index in [-0.39, 0.29) is 5.69 Å². The lowest BCUT2D eigenvalue weighted by Gasteiger charge is -2.07. The number of aromatic carboxylic acids is 1. The number of aromatic nitrogens is 2. The minimum absolute atomic E-state index is 0.163. The van der Waals surface area contributed by atoms with E-state index in [4.69, 9.17) is 0 Å².